The van der Waals surface area contributed by atoms with Crippen LogP contribution >= 0.6 is 0 Å². The number of carbonyl (C=O) groups is 1. The molecular formula is C12H15N3O4. The second-order valence-electron chi connectivity index (χ2n) is 3.89. The first kappa shape index (κ1) is 13.2. The fourth-order valence-electron chi connectivity index (χ4n) is 1.74. The number of hydrogen-bond acceptors (Lipinski definition) is 4. The van der Waals surface area contributed by atoms with Gasteiger partial charge in [0, 0.05) is 19.6 Å². The number of oxazole rings is 1. The Hall–Kier alpha value is -2.28. The van der Waals surface area contributed by atoms with Crippen molar-refractivity contribution in [1.29, 1.82) is 0 Å². The highest BCUT2D eigenvalue weighted by Gasteiger charge is 2.08. The number of nitrogens with zero attached hydrogens (tertiary/aromatic N) is 1. The van der Waals surface area contributed by atoms with Gasteiger partial charge in [0.05, 0.1) is 12.1 Å². The van der Waals surface area contributed by atoms with E-state index in [2.05, 4.69) is 10.6 Å². The summed E-state index contributed by atoms with van der Waals surface area (Å²) < 4.78 is 6.53. The van der Waals surface area contributed by atoms with Crippen molar-refractivity contribution in [1.82, 2.24) is 15.2 Å². The van der Waals surface area contributed by atoms with E-state index in [0.717, 1.165) is 0 Å². The summed E-state index contributed by atoms with van der Waals surface area (Å²) in [5.74, 6) is -0.446. The first-order valence-electron chi connectivity index (χ1n) is 5.93. The maximum Gasteiger partial charge on any atom is 0.420 e. The van der Waals surface area contributed by atoms with Crippen LogP contribution in [0.1, 0.15) is 0 Å². The van der Waals surface area contributed by atoms with Crippen LogP contribution in [0.3, 0.4) is 0 Å². The van der Waals surface area contributed by atoms with Crippen molar-refractivity contribution in [3.8, 4) is 0 Å². The molecule has 0 saturated heterocycles. The van der Waals surface area contributed by atoms with Gasteiger partial charge in [0.15, 0.2) is 5.58 Å². The number of fused-ring (bicyclic) bond motifs is 1. The van der Waals surface area contributed by atoms with Crippen molar-refractivity contribution in [2.24, 2.45) is 0 Å². The van der Waals surface area contributed by atoms with Gasteiger partial charge in [0.25, 0.3) is 0 Å². The molecule has 0 fully saturated rings. The van der Waals surface area contributed by atoms with Gasteiger partial charge in [-0.25, -0.2) is 9.59 Å². The highest BCUT2D eigenvalue weighted by Crippen LogP contribution is 2.10. The van der Waals surface area contributed by atoms with Gasteiger partial charge in [-0.3, -0.25) is 4.57 Å². The highest BCUT2D eigenvalue weighted by molar-refractivity contribution is 5.74. The average molecular weight is 265 g/mol. The molecule has 0 unspecified atom stereocenters. The van der Waals surface area contributed by atoms with Gasteiger partial charge >= 0.3 is 11.8 Å². The Bertz CT molecular complexity index is 617. The Morgan fingerprint density at radius 2 is 2.00 bits per heavy atom. The van der Waals surface area contributed by atoms with Gasteiger partial charge in [-0.05, 0) is 12.1 Å². The number of para-hydroxylation sites is 2. The number of nitrogens with one attached hydrogen (secondary N) is 2. The molecule has 2 rings (SSSR count). The van der Waals surface area contributed by atoms with Crippen LogP contribution in [-0.4, -0.2) is 35.4 Å². The zero-order valence-electron chi connectivity index (χ0n) is 10.3. The van der Waals surface area contributed by atoms with E-state index < -0.39 is 5.76 Å². The summed E-state index contributed by atoms with van der Waals surface area (Å²) in [5, 5.41) is 13.6. The molecule has 0 saturated carbocycles. The lowest BCUT2D eigenvalue weighted by molar-refractivity contribution is 0.234. The lowest BCUT2D eigenvalue weighted by Gasteiger charge is -2.06. The first-order chi connectivity index (χ1) is 9.22. The summed E-state index contributed by atoms with van der Waals surface area (Å²) in [7, 11) is 0. The van der Waals surface area contributed by atoms with Gasteiger partial charge < -0.3 is 20.2 Å². The van der Waals surface area contributed by atoms with Gasteiger partial charge in [-0.15, -0.1) is 0 Å². The SMILES string of the molecule is O=C(NCCO)NCCn1c(=O)oc2ccccc21. The van der Waals surface area contributed by atoms with E-state index in [9.17, 15) is 9.59 Å². The van der Waals surface area contributed by atoms with E-state index in [0.29, 0.717) is 24.2 Å². The van der Waals surface area contributed by atoms with Crippen LogP contribution in [-0.2, 0) is 6.54 Å². The summed E-state index contributed by atoms with van der Waals surface area (Å²) in [5.41, 5.74) is 1.22. The van der Waals surface area contributed by atoms with Crippen LogP contribution in [0.5, 0.6) is 0 Å². The number of aliphatic hydroxyl groups is 1. The molecule has 19 heavy (non-hydrogen) atoms. The molecule has 0 atom stereocenters. The molecule has 0 aliphatic rings. The molecule has 2 aromatic rings. The minimum absolute atomic E-state index is 0.112. The summed E-state index contributed by atoms with van der Waals surface area (Å²) in [6.45, 7) is 0.697. The number of benzene rings is 1. The molecule has 0 bridgehead atoms. The Morgan fingerprint density at radius 3 is 2.79 bits per heavy atom. The van der Waals surface area contributed by atoms with Gasteiger partial charge in [0.1, 0.15) is 0 Å². The fourth-order valence-corrected chi connectivity index (χ4v) is 1.74. The molecule has 102 valence electrons. The third-order valence-corrected chi connectivity index (χ3v) is 2.59. The van der Waals surface area contributed by atoms with Crippen molar-refractivity contribution in [2.45, 2.75) is 6.54 Å². The molecule has 0 aliphatic heterocycles. The normalized spacial score (nSPS) is 10.6. The van der Waals surface area contributed by atoms with E-state index in [-0.39, 0.29) is 19.2 Å². The number of aromatic nitrogens is 1. The van der Waals surface area contributed by atoms with Crippen molar-refractivity contribution in [3.63, 3.8) is 0 Å². The number of aliphatic hydroxyl groups excluding tert-OH is 1. The molecular weight excluding hydrogens is 250 g/mol. The van der Waals surface area contributed by atoms with Crippen LogP contribution in [0.4, 0.5) is 4.79 Å². The predicted octanol–water partition coefficient (Wildman–Crippen LogP) is -0.114. The quantitative estimate of drug-likeness (QED) is 0.702. The molecule has 0 aliphatic carbocycles. The molecule has 1 heterocycles. The van der Waals surface area contributed by atoms with Crippen LogP contribution < -0.4 is 16.4 Å². The lowest BCUT2D eigenvalue weighted by atomic mass is 10.3. The summed E-state index contributed by atoms with van der Waals surface area (Å²) in [6, 6.07) is 6.72. The highest BCUT2D eigenvalue weighted by atomic mass is 16.4. The number of hydrogen-bond donors (Lipinski definition) is 3. The fraction of sp³-hybridized carbons (Fsp3) is 0.333. The topological polar surface area (TPSA) is 96.5 Å². The lowest BCUT2D eigenvalue weighted by Crippen LogP contribution is -2.39. The minimum atomic E-state index is -0.446. The van der Waals surface area contributed by atoms with Crippen LogP contribution in [0.15, 0.2) is 33.5 Å². The Balaban J connectivity index is 1.97. The molecule has 1 aromatic carbocycles. The number of rotatable bonds is 5. The van der Waals surface area contributed by atoms with Gasteiger partial charge in [-0.1, -0.05) is 12.1 Å². The second kappa shape index (κ2) is 6.05. The average Bonchev–Trinajstić information content (AvgIpc) is 2.73. The van der Waals surface area contributed by atoms with Gasteiger partial charge in [-0.2, -0.15) is 0 Å². The van der Waals surface area contributed by atoms with E-state index in [1.54, 1.807) is 18.2 Å². The zero-order chi connectivity index (χ0) is 13.7. The van der Waals surface area contributed by atoms with Gasteiger partial charge in [0.2, 0.25) is 0 Å². The smallest absolute Gasteiger partial charge is 0.408 e. The van der Waals surface area contributed by atoms with E-state index in [4.69, 9.17) is 9.52 Å². The largest absolute Gasteiger partial charge is 0.420 e. The van der Waals surface area contributed by atoms with Crippen molar-refractivity contribution in [2.75, 3.05) is 19.7 Å². The van der Waals surface area contributed by atoms with E-state index in [1.165, 1.54) is 4.57 Å². The standard InChI is InChI=1S/C12H15N3O4/c16-8-6-14-11(17)13-5-7-15-9-3-1-2-4-10(9)19-12(15)18/h1-4,16H,5-8H2,(H2,13,14,17). The molecule has 7 nitrogen and oxygen atoms in total. The minimum Gasteiger partial charge on any atom is -0.408 e. The van der Waals surface area contributed by atoms with Crippen molar-refractivity contribution in [3.05, 3.63) is 34.8 Å². The Morgan fingerprint density at radius 1 is 1.26 bits per heavy atom. The van der Waals surface area contributed by atoms with Crippen molar-refractivity contribution >= 4 is 17.1 Å². The molecule has 1 aromatic heterocycles. The maximum atomic E-state index is 11.6. The Labute approximate surface area is 108 Å². The molecule has 3 N–H and O–H groups in total. The summed E-state index contributed by atoms with van der Waals surface area (Å²) >= 11 is 0. The summed E-state index contributed by atoms with van der Waals surface area (Å²) in [6.07, 6.45) is 0. The number of amides is 2. The van der Waals surface area contributed by atoms with Crippen molar-refractivity contribution < 1.29 is 14.3 Å². The van der Waals surface area contributed by atoms with Crippen LogP contribution in [0.2, 0.25) is 0 Å². The van der Waals surface area contributed by atoms with E-state index >= 15 is 0 Å². The molecule has 2 amide bonds. The number of carbonyl (C=O) groups excluding carboxylic acids is 1. The maximum absolute atomic E-state index is 11.6. The third kappa shape index (κ3) is 3.14. The number of urea groups is 1. The summed E-state index contributed by atoms with van der Waals surface area (Å²) in [4.78, 5) is 22.9. The molecule has 0 radical (unpaired) electrons. The Kier molecular flexibility index (Phi) is 4.19. The monoisotopic (exact) mass is 265 g/mol. The van der Waals surface area contributed by atoms with Crippen LogP contribution in [0.25, 0.3) is 11.1 Å². The van der Waals surface area contributed by atoms with Crippen LogP contribution in [0, 0.1) is 0 Å². The molecule has 0 spiro atoms. The third-order valence-electron chi connectivity index (χ3n) is 2.59. The first-order valence-corrected chi connectivity index (χ1v) is 5.93. The second-order valence-corrected chi connectivity index (χ2v) is 3.89. The predicted molar refractivity (Wildman–Crippen MR) is 69.0 cm³/mol. The van der Waals surface area contributed by atoms with E-state index in [1.807, 2.05) is 6.07 Å². The molecule has 7 heteroatoms. The zero-order valence-corrected chi connectivity index (χ0v) is 10.3.